The molecule has 3 aromatic carbocycles. The van der Waals surface area contributed by atoms with Gasteiger partial charge in [0.1, 0.15) is 5.82 Å². The highest BCUT2D eigenvalue weighted by Gasteiger charge is 2.35. The Kier molecular flexibility index (Phi) is 5.67. The van der Waals surface area contributed by atoms with E-state index in [0.717, 1.165) is 27.8 Å². The van der Waals surface area contributed by atoms with Gasteiger partial charge in [-0.15, -0.1) is 0 Å². The minimum atomic E-state index is -0.457. The minimum Gasteiger partial charge on any atom is -0.334 e. The van der Waals surface area contributed by atoms with E-state index in [0.29, 0.717) is 17.4 Å². The highest BCUT2D eigenvalue weighted by atomic mass is 19.1. The van der Waals surface area contributed by atoms with Crippen LogP contribution in [-0.2, 0) is 6.54 Å². The van der Waals surface area contributed by atoms with Gasteiger partial charge in [0.05, 0.1) is 18.2 Å². The van der Waals surface area contributed by atoms with Crippen molar-refractivity contribution >= 4 is 11.6 Å². The summed E-state index contributed by atoms with van der Waals surface area (Å²) in [5, 5.41) is 7.27. The highest BCUT2D eigenvalue weighted by molar-refractivity contribution is 5.86. The van der Waals surface area contributed by atoms with E-state index in [1.807, 2.05) is 68.4 Å². The Hall–Kier alpha value is -4.26. The maximum atomic E-state index is 13.4. The van der Waals surface area contributed by atoms with Gasteiger partial charge in [-0.05, 0) is 37.1 Å². The van der Waals surface area contributed by atoms with E-state index in [1.54, 1.807) is 17.0 Å². The van der Waals surface area contributed by atoms with Crippen molar-refractivity contribution in [3.8, 4) is 11.4 Å². The number of rotatable bonds is 5. The van der Waals surface area contributed by atoms with E-state index < -0.39 is 6.04 Å². The van der Waals surface area contributed by atoms with Crippen molar-refractivity contribution in [1.82, 2.24) is 20.4 Å². The van der Waals surface area contributed by atoms with Crippen molar-refractivity contribution in [2.75, 3.05) is 0 Å². The number of benzene rings is 3. The van der Waals surface area contributed by atoms with Crippen LogP contribution in [0.15, 0.2) is 89.1 Å². The molecule has 0 radical (unpaired) electrons. The molecule has 4 aromatic rings. The molecule has 0 fully saturated rings. The zero-order valence-corrected chi connectivity index (χ0v) is 18.8. The SMILES string of the molecule is CC1=C(c2nc(-c3ccccc3)no2)C(c2ccc(C)cc2)NC(=O)N1Cc1ccc(F)cc1. The molecule has 1 N–H and O–H groups in total. The predicted molar refractivity (Wildman–Crippen MR) is 127 cm³/mol. The van der Waals surface area contributed by atoms with Crippen molar-refractivity contribution < 1.29 is 13.7 Å². The van der Waals surface area contributed by atoms with Crippen LogP contribution in [-0.4, -0.2) is 21.1 Å². The molecule has 0 spiro atoms. The lowest BCUT2D eigenvalue weighted by atomic mass is 9.94. The van der Waals surface area contributed by atoms with Crippen LogP contribution in [0.25, 0.3) is 17.0 Å². The molecule has 5 rings (SSSR count). The molecule has 34 heavy (non-hydrogen) atoms. The molecule has 2 heterocycles. The fourth-order valence-corrected chi connectivity index (χ4v) is 4.07. The van der Waals surface area contributed by atoms with Crippen LogP contribution in [0.5, 0.6) is 0 Å². The number of carbonyl (C=O) groups excluding carboxylic acids is 1. The molecule has 1 aromatic heterocycles. The fourth-order valence-electron chi connectivity index (χ4n) is 4.07. The summed E-state index contributed by atoms with van der Waals surface area (Å²) in [5.74, 6) is 0.491. The van der Waals surface area contributed by atoms with Crippen molar-refractivity contribution in [3.05, 3.63) is 113 Å². The van der Waals surface area contributed by atoms with Crippen LogP contribution >= 0.6 is 0 Å². The third kappa shape index (κ3) is 4.20. The van der Waals surface area contributed by atoms with Gasteiger partial charge in [0.25, 0.3) is 5.89 Å². The van der Waals surface area contributed by atoms with E-state index in [9.17, 15) is 9.18 Å². The van der Waals surface area contributed by atoms with Gasteiger partial charge in [-0.1, -0.05) is 77.5 Å². The summed E-state index contributed by atoms with van der Waals surface area (Å²) in [7, 11) is 0. The van der Waals surface area contributed by atoms with Crippen molar-refractivity contribution in [1.29, 1.82) is 0 Å². The molecule has 1 aliphatic heterocycles. The lowest BCUT2D eigenvalue weighted by Crippen LogP contribution is -2.45. The Morgan fingerprint density at radius 3 is 2.38 bits per heavy atom. The summed E-state index contributed by atoms with van der Waals surface area (Å²) >= 11 is 0. The maximum Gasteiger partial charge on any atom is 0.322 e. The molecule has 1 atom stereocenters. The average molecular weight is 455 g/mol. The number of halogens is 1. The molecule has 7 heteroatoms. The molecule has 6 nitrogen and oxygen atoms in total. The summed E-state index contributed by atoms with van der Waals surface area (Å²) in [4.78, 5) is 19.4. The number of allylic oxidation sites excluding steroid dienone is 1. The second kappa shape index (κ2) is 8.94. The predicted octanol–water partition coefficient (Wildman–Crippen LogP) is 5.88. The van der Waals surface area contributed by atoms with Crippen molar-refractivity contribution in [2.45, 2.75) is 26.4 Å². The number of amides is 2. The summed E-state index contributed by atoms with van der Waals surface area (Å²) in [6.07, 6.45) is 0. The first-order chi connectivity index (χ1) is 16.5. The Bertz CT molecular complexity index is 1350. The molecule has 0 bridgehead atoms. The molecule has 0 saturated heterocycles. The number of nitrogens with zero attached hydrogens (tertiary/aromatic N) is 3. The minimum absolute atomic E-state index is 0.251. The molecule has 2 amide bonds. The normalized spacial score (nSPS) is 16.0. The lowest BCUT2D eigenvalue weighted by Gasteiger charge is -2.35. The number of aryl methyl sites for hydroxylation is 1. The Balaban J connectivity index is 1.59. The van der Waals surface area contributed by atoms with E-state index in [4.69, 9.17) is 4.52 Å². The maximum absolute atomic E-state index is 13.4. The van der Waals surface area contributed by atoms with Gasteiger partial charge in [0.2, 0.25) is 5.82 Å². The Morgan fingerprint density at radius 2 is 1.68 bits per heavy atom. The molecule has 0 saturated carbocycles. The molecule has 170 valence electrons. The zero-order valence-electron chi connectivity index (χ0n) is 18.8. The van der Waals surface area contributed by atoms with Gasteiger partial charge in [-0.3, -0.25) is 4.90 Å². The Morgan fingerprint density at radius 1 is 0.971 bits per heavy atom. The van der Waals surface area contributed by atoms with Crippen molar-refractivity contribution in [3.63, 3.8) is 0 Å². The van der Waals surface area contributed by atoms with E-state index >= 15 is 0 Å². The van der Waals surface area contributed by atoms with Crippen LogP contribution in [0, 0.1) is 12.7 Å². The average Bonchev–Trinajstić information content (AvgIpc) is 3.33. The van der Waals surface area contributed by atoms with Crippen LogP contribution in [0.4, 0.5) is 9.18 Å². The number of hydrogen-bond acceptors (Lipinski definition) is 4. The summed E-state index contributed by atoms with van der Waals surface area (Å²) < 4.78 is 19.1. The first kappa shape index (κ1) is 21.6. The van der Waals surface area contributed by atoms with Crippen LogP contribution < -0.4 is 5.32 Å². The number of hydrogen-bond donors (Lipinski definition) is 1. The molecule has 1 aliphatic rings. The molecule has 1 unspecified atom stereocenters. The largest absolute Gasteiger partial charge is 0.334 e. The van der Waals surface area contributed by atoms with Gasteiger partial charge >= 0.3 is 6.03 Å². The zero-order chi connectivity index (χ0) is 23.7. The van der Waals surface area contributed by atoms with Gasteiger partial charge in [-0.2, -0.15) is 4.98 Å². The second-order valence-corrected chi connectivity index (χ2v) is 8.29. The van der Waals surface area contributed by atoms with E-state index in [1.165, 1.54) is 12.1 Å². The van der Waals surface area contributed by atoms with E-state index in [-0.39, 0.29) is 18.4 Å². The molecule has 0 aliphatic carbocycles. The smallest absolute Gasteiger partial charge is 0.322 e. The Labute approximate surface area is 196 Å². The van der Waals surface area contributed by atoms with Gasteiger partial charge < -0.3 is 9.84 Å². The van der Waals surface area contributed by atoms with Crippen LogP contribution in [0.2, 0.25) is 0 Å². The van der Waals surface area contributed by atoms with Gasteiger partial charge in [0, 0.05) is 11.3 Å². The fraction of sp³-hybridized carbons (Fsp3) is 0.148. The number of nitrogens with one attached hydrogen (secondary N) is 1. The molecular formula is C27H23FN4O2. The molecular weight excluding hydrogens is 431 g/mol. The van der Waals surface area contributed by atoms with Crippen LogP contribution in [0.3, 0.4) is 0 Å². The summed E-state index contributed by atoms with van der Waals surface area (Å²) in [5.41, 5.74) is 5.09. The van der Waals surface area contributed by atoms with Crippen molar-refractivity contribution in [2.24, 2.45) is 0 Å². The highest BCUT2D eigenvalue weighted by Crippen LogP contribution is 2.38. The third-order valence-corrected chi connectivity index (χ3v) is 5.95. The first-order valence-corrected chi connectivity index (χ1v) is 11.0. The quantitative estimate of drug-likeness (QED) is 0.409. The topological polar surface area (TPSA) is 71.3 Å². The number of carbonyl (C=O) groups is 1. The third-order valence-electron chi connectivity index (χ3n) is 5.95. The lowest BCUT2D eigenvalue weighted by molar-refractivity contribution is 0.203. The number of aromatic nitrogens is 2. The van der Waals surface area contributed by atoms with Crippen LogP contribution in [0.1, 0.15) is 35.5 Å². The number of urea groups is 1. The standard InChI is InChI=1S/C27H23FN4O2/c1-17-8-12-20(13-9-17)24-23(26-30-25(31-34-26)21-6-4-3-5-7-21)18(2)32(27(33)29-24)16-19-10-14-22(28)15-11-19/h3-15,24H,16H2,1-2H3,(H,29,33). The van der Waals surface area contributed by atoms with E-state index in [2.05, 4.69) is 15.5 Å². The second-order valence-electron chi connectivity index (χ2n) is 8.29. The summed E-state index contributed by atoms with van der Waals surface area (Å²) in [6.45, 7) is 4.16. The van der Waals surface area contributed by atoms with Gasteiger partial charge in [-0.25, -0.2) is 9.18 Å². The van der Waals surface area contributed by atoms with Gasteiger partial charge in [0.15, 0.2) is 0 Å². The first-order valence-electron chi connectivity index (χ1n) is 11.0. The summed E-state index contributed by atoms with van der Waals surface area (Å²) in [6, 6.07) is 23.0. The monoisotopic (exact) mass is 454 g/mol.